The summed E-state index contributed by atoms with van der Waals surface area (Å²) in [7, 11) is 0. The number of rotatable bonds is 10. The first-order valence-corrected chi connectivity index (χ1v) is 12.5. The molecule has 0 aliphatic carbocycles. The third kappa shape index (κ3) is 7.42. The minimum atomic E-state index is -0.578. The second-order valence-corrected chi connectivity index (χ2v) is 9.06. The van der Waals surface area contributed by atoms with E-state index in [1.807, 2.05) is 60.7 Å². The molecule has 0 saturated carbocycles. The molecule has 3 amide bonds. The summed E-state index contributed by atoms with van der Waals surface area (Å²) in [5, 5.41) is 2.66. The van der Waals surface area contributed by atoms with Crippen LogP contribution in [0.25, 0.3) is 5.57 Å². The molecule has 2 heterocycles. The van der Waals surface area contributed by atoms with Gasteiger partial charge in [-0.05, 0) is 35.3 Å². The average Bonchev–Trinajstić information content (AvgIpc) is 3.31. The first-order chi connectivity index (χ1) is 18.4. The van der Waals surface area contributed by atoms with Gasteiger partial charge in [-0.15, -0.1) is 0 Å². The number of esters is 1. The second kappa shape index (κ2) is 12.9. The molecule has 38 heavy (non-hydrogen) atoms. The fourth-order valence-electron chi connectivity index (χ4n) is 4.21. The van der Waals surface area contributed by atoms with Crippen molar-refractivity contribution in [2.24, 2.45) is 0 Å². The van der Waals surface area contributed by atoms with Gasteiger partial charge in [-0.3, -0.25) is 14.5 Å². The average molecular weight is 522 g/mol. The molecule has 200 valence electrons. The first kappa shape index (κ1) is 26.9. The van der Waals surface area contributed by atoms with Gasteiger partial charge in [-0.2, -0.15) is 0 Å². The molecule has 0 spiro atoms. The van der Waals surface area contributed by atoms with Gasteiger partial charge in [-0.1, -0.05) is 48.5 Å². The van der Waals surface area contributed by atoms with Crippen molar-refractivity contribution in [3.8, 4) is 0 Å². The van der Waals surface area contributed by atoms with Gasteiger partial charge in [0.15, 0.2) is 6.61 Å². The number of benzene rings is 2. The third-order valence-electron chi connectivity index (χ3n) is 6.25. The van der Waals surface area contributed by atoms with Crippen LogP contribution in [0.15, 0.2) is 60.7 Å². The van der Waals surface area contributed by atoms with Crippen LogP contribution < -0.4 is 10.2 Å². The van der Waals surface area contributed by atoms with Gasteiger partial charge in [0.25, 0.3) is 5.91 Å². The lowest BCUT2D eigenvalue weighted by Crippen LogP contribution is -2.37. The highest BCUT2D eigenvalue weighted by atomic mass is 16.6. The van der Waals surface area contributed by atoms with Crippen LogP contribution in [0.3, 0.4) is 0 Å². The van der Waals surface area contributed by atoms with Crippen LogP contribution in [-0.4, -0.2) is 74.3 Å². The van der Waals surface area contributed by atoms with Gasteiger partial charge in [0, 0.05) is 25.7 Å². The van der Waals surface area contributed by atoms with Crippen LogP contribution in [0, 0.1) is 0 Å². The van der Waals surface area contributed by atoms with Gasteiger partial charge in [-0.25, -0.2) is 9.59 Å². The molecule has 4 rings (SSSR count). The van der Waals surface area contributed by atoms with E-state index >= 15 is 0 Å². The van der Waals surface area contributed by atoms with Crippen molar-refractivity contribution < 1.29 is 33.4 Å². The lowest BCUT2D eigenvalue weighted by atomic mass is 9.99. The number of ether oxygens (including phenoxy) is 3. The molecular weight excluding hydrogens is 490 g/mol. The Kier molecular flexibility index (Phi) is 9.10. The topological polar surface area (TPSA) is 114 Å². The number of cyclic esters (lactones) is 1. The number of hydrogen-bond donors (Lipinski definition) is 1. The number of carbonyl (C=O) groups excluding carboxylic acids is 4. The number of hydrogen-bond acceptors (Lipinski definition) is 7. The Bertz CT molecular complexity index is 1180. The summed E-state index contributed by atoms with van der Waals surface area (Å²) >= 11 is 0. The van der Waals surface area contributed by atoms with Crippen molar-refractivity contribution in [3.63, 3.8) is 0 Å². The number of carbonyl (C=O) groups is 4. The maximum absolute atomic E-state index is 12.5. The van der Waals surface area contributed by atoms with Gasteiger partial charge in [0.2, 0.25) is 5.91 Å². The Hall–Kier alpha value is -4.18. The minimum absolute atomic E-state index is 0.171. The molecule has 0 bridgehead atoms. The fraction of sp³-hybridized carbons (Fsp3) is 0.357. The van der Waals surface area contributed by atoms with Gasteiger partial charge in [0.05, 0.1) is 19.7 Å². The van der Waals surface area contributed by atoms with E-state index in [0.717, 1.165) is 16.7 Å². The zero-order valence-electron chi connectivity index (χ0n) is 21.3. The maximum atomic E-state index is 12.5. The Morgan fingerprint density at radius 1 is 1.05 bits per heavy atom. The van der Waals surface area contributed by atoms with Crippen LogP contribution >= 0.6 is 0 Å². The molecule has 1 fully saturated rings. The van der Waals surface area contributed by atoms with E-state index in [9.17, 15) is 19.2 Å². The highest BCUT2D eigenvalue weighted by Gasteiger charge is 2.32. The van der Waals surface area contributed by atoms with Crippen molar-refractivity contribution in [1.29, 1.82) is 0 Å². The maximum Gasteiger partial charge on any atom is 0.414 e. The zero-order valence-corrected chi connectivity index (χ0v) is 21.3. The van der Waals surface area contributed by atoms with E-state index in [4.69, 9.17) is 14.2 Å². The van der Waals surface area contributed by atoms with Crippen molar-refractivity contribution in [3.05, 3.63) is 71.8 Å². The van der Waals surface area contributed by atoms with Gasteiger partial charge < -0.3 is 24.4 Å². The molecule has 2 aliphatic rings. The highest BCUT2D eigenvalue weighted by Crippen LogP contribution is 2.27. The van der Waals surface area contributed by atoms with Crippen LogP contribution in [0.1, 0.15) is 24.5 Å². The van der Waals surface area contributed by atoms with Crippen molar-refractivity contribution >= 4 is 35.1 Å². The summed E-state index contributed by atoms with van der Waals surface area (Å²) in [6.07, 6.45) is 1.80. The number of amides is 3. The summed E-state index contributed by atoms with van der Waals surface area (Å²) in [5.74, 6) is -1.01. The Balaban J connectivity index is 1.20. The predicted molar refractivity (Wildman–Crippen MR) is 139 cm³/mol. The Morgan fingerprint density at radius 3 is 2.50 bits per heavy atom. The Labute approximate surface area is 221 Å². The Morgan fingerprint density at radius 2 is 1.82 bits per heavy atom. The molecule has 1 atom stereocenters. The third-order valence-corrected chi connectivity index (χ3v) is 6.25. The van der Waals surface area contributed by atoms with Gasteiger partial charge in [0.1, 0.15) is 12.7 Å². The number of nitrogens with zero attached hydrogens (tertiary/aromatic N) is 2. The molecule has 2 aromatic carbocycles. The molecule has 10 heteroatoms. The number of anilines is 1. The van der Waals surface area contributed by atoms with Crippen LogP contribution in [-0.2, 0) is 35.2 Å². The first-order valence-electron chi connectivity index (χ1n) is 12.5. The molecular formula is C28H31N3O7. The van der Waals surface area contributed by atoms with Gasteiger partial charge >= 0.3 is 12.1 Å². The van der Waals surface area contributed by atoms with Crippen molar-refractivity contribution in [1.82, 2.24) is 10.2 Å². The van der Waals surface area contributed by atoms with E-state index < -0.39 is 18.2 Å². The van der Waals surface area contributed by atoms with Crippen LogP contribution in [0.2, 0.25) is 0 Å². The highest BCUT2D eigenvalue weighted by molar-refractivity contribution is 5.90. The van der Waals surface area contributed by atoms with Crippen molar-refractivity contribution in [2.45, 2.75) is 26.1 Å². The second-order valence-electron chi connectivity index (χ2n) is 9.06. The quantitative estimate of drug-likeness (QED) is 0.478. The monoisotopic (exact) mass is 521 g/mol. The summed E-state index contributed by atoms with van der Waals surface area (Å²) in [6, 6.07) is 17.1. The SMILES string of the molecule is CC(=O)NC[C@H]1CN(c2ccc(C3=CCN(C(=O)COC(=O)COCc4ccccc4)CC3)cc2)C(=O)O1. The molecule has 0 aromatic heterocycles. The molecule has 0 unspecified atom stereocenters. The zero-order chi connectivity index (χ0) is 26.9. The summed E-state index contributed by atoms with van der Waals surface area (Å²) in [4.78, 5) is 50.9. The number of nitrogens with one attached hydrogen (secondary N) is 1. The normalized spacial score (nSPS) is 17.0. The van der Waals surface area contributed by atoms with E-state index in [1.165, 1.54) is 6.92 Å². The molecule has 10 nitrogen and oxygen atoms in total. The summed E-state index contributed by atoms with van der Waals surface area (Å²) in [5.41, 5.74) is 3.77. The van der Waals surface area contributed by atoms with E-state index in [1.54, 1.807) is 9.80 Å². The molecule has 2 aliphatic heterocycles. The van der Waals surface area contributed by atoms with E-state index in [-0.39, 0.29) is 31.6 Å². The molecule has 1 N–H and O–H groups in total. The fourth-order valence-corrected chi connectivity index (χ4v) is 4.21. The van der Waals surface area contributed by atoms with E-state index in [0.29, 0.717) is 38.3 Å². The lowest BCUT2D eigenvalue weighted by Gasteiger charge is -2.26. The van der Waals surface area contributed by atoms with E-state index in [2.05, 4.69) is 5.32 Å². The predicted octanol–water partition coefficient (Wildman–Crippen LogP) is 2.52. The van der Waals surface area contributed by atoms with Crippen LogP contribution in [0.5, 0.6) is 0 Å². The smallest absolute Gasteiger partial charge is 0.414 e. The molecule has 0 radical (unpaired) electrons. The minimum Gasteiger partial charge on any atom is -0.454 e. The lowest BCUT2D eigenvalue weighted by molar-refractivity contribution is -0.156. The summed E-state index contributed by atoms with van der Waals surface area (Å²) in [6.45, 7) is 2.75. The largest absolute Gasteiger partial charge is 0.454 e. The van der Waals surface area contributed by atoms with Crippen molar-refractivity contribution in [2.75, 3.05) is 44.3 Å². The standard InChI is InChI=1S/C28H31N3O7/c1-20(32)29-15-25-16-31(28(35)38-25)24-9-7-22(8-10-24)23-11-13-30(14-12-23)26(33)18-37-27(34)19-36-17-21-5-3-2-4-6-21/h2-11,25H,12-19H2,1H3,(H,29,32)/t25-/m0/s1. The summed E-state index contributed by atoms with van der Waals surface area (Å²) < 4.78 is 15.7. The molecule has 1 saturated heterocycles. The van der Waals surface area contributed by atoms with Crippen LogP contribution in [0.4, 0.5) is 10.5 Å². The molecule has 2 aromatic rings.